The molecule has 0 aliphatic heterocycles. The number of benzene rings is 2. The van der Waals surface area contributed by atoms with Gasteiger partial charge < -0.3 is 5.11 Å². The van der Waals surface area contributed by atoms with Crippen molar-refractivity contribution in [2.24, 2.45) is 0 Å². The molecule has 0 atom stereocenters. The zero-order valence-corrected chi connectivity index (χ0v) is 10.2. The molecule has 1 aliphatic carbocycles. The maximum absolute atomic E-state index is 14.2. The zero-order valence-electron chi connectivity index (χ0n) is 9.45. The van der Waals surface area contributed by atoms with E-state index >= 15 is 0 Å². The van der Waals surface area contributed by atoms with Crippen molar-refractivity contribution >= 4 is 17.6 Å². The van der Waals surface area contributed by atoms with E-state index in [1.54, 1.807) is 0 Å². The lowest BCUT2D eigenvalue weighted by Crippen LogP contribution is -2.11. The first kappa shape index (κ1) is 12.1. The van der Waals surface area contributed by atoms with Gasteiger partial charge in [-0.05, 0) is 35.4 Å². The minimum absolute atomic E-state index is 0.0163. The number of halogens is 3. The third-order valence-electron chi connectivity index (χ3n) is 3.21. The Kier molecular flexibility index (Phi) is 2.41. The smallest absolute Gasteiger partial charge is 0.335 e. The van der Waals surface area contributed by atoms with Gasteiger partial charge in [-0.25, -0.2) is 4.79 Å². The molecule has 96 valence electrons. The molecule has 1 aliphatic rings. The molecular formula is C14H7ClF2O2. The molecule has 19 heavy (non-hydrogen) atoms. The Morgan fingerprint density at radius 3 is 2.47 bits per heavy atom. The normalized spacial score (nSPS) is 14.9. The highest BCUT2D eigenvalue weighted by atomic mass is 35.5. The Morgan fingerprint density at radius 2 is 1.79 bits per heavy atom. The molecular weight excluding hydrogens is 274 g/mol. The number of carboxylic acid groups (broad SMARTS) is 1. The van der Waals surface area contributed by atoms with Gasteiger partial charge in [-0.2, -0.15) is 8.78 Å². The van der Waals surface area contributed by atoms with E-state index < -0.39 is 11.9 Å². The van der Waals surface area contributed by atoms with Crippen molar-refractivity contribution in [3.63, 3.8) is 0 Å². The predicted molar refractivity (Wildman–Crippen MR) is 66.8 cm³/mol. The molecule has 1 N–H and O–H groups in total. The molecule has 5 heteroatoms. The molecule has 0 unspecified atom stereocenters. The van der Waals surface area contributed by atoms with Crippen LogP contribution in [0.5, 0.6) is 0 Å². The van der Waals surface area contributed by atoms with Gasteiger partial charge >= 0.3 is 5.97 Å². The van der Waals surface area contributed by atoms with Crippen molar-refractivity contribution in [2.75, 3.05) is 0 Å². The van der Waals surface area contributed by atoms with Gasteiger partial charge in [0.1, 0.15) is 0 Å². The van der Waals surface area contributed by atoms with Gasteiger partial charge in [0.25, 0.3) is 5.92 Å². The molecule has 0 saturated carbocycles. The largest absolute Gasteiger partial charge is 0.478 e. The third-order valence-corrected chi connectivity index (χ3v) is 3.45. The van der Waals surface area contributed by atoms with E-state index in [2.05, 4.69) is 0 Å². The first-order chi connectivity index (χ1) is 8.91. The SMILES string of the molecule is O=C(O)c1ccc2c(c1)-c1ccc(Cl)cc1C2(F)F. The van der Waals surface area contributed by atoms with E-state index in [-0.39, 0.29) is 27.3 Å². The van der Waals surface area contributed by atoms with Crippen molar-refractivity contribution in [1.29, 1.82) is 0 Å². The van der Waals surface area contributed by atoms with E-state index in [1.807, 2.05) is 0 Å². The van der Waals surface area contributed by atoms with E-state index in [0.717, 1.165) is 6.07 Å². The lowest BCUT2D eigenvalue weighted by Gasteiger charge is -2.12. The molecule has 0 bridgehead atoms. The fourth-order valence-corrected chi connectivity index (χ4v) is 2.50. The fourth-order valence-electron chi connectivity index (χ4n) is 2.33. The summed E-state index contributed by atoms with van der Waals surface area (Å²) < 4.78 is 28.5. The predicted octanol–water partition coefficient (Wildman–Crippen LogP) is 4.16. The second kappa shape index (κ2) is 3.78. The van der Waals surface area contributed by atoms with Gasteiger partial charge in [0.15, 0.2) is 0 Å². The van der Waals surface area contributed by atoms with Crippen LogP contribution in [0.4, 0.5) is 8.78 Å². The van der Waals surface area contributed by atoms with Gasteiger partial charge in [0.05, 0.1) is 5.56 Å². The number of rotatable bonds is 1. The van der Waals surface area contributed by atoms with E-state index in [1.165, 1.54) is 30.3 Å². The van der Waals surface area contributed by atoms with Crippen LogP contribution in [0.2, 0.25) is 5.02 Å². The average Bonchev–Trinajstić information content (AvgIpc) is 2.58. The minimum Gasteiger partial charge on any atom is -0.478 e. The summed E-state index contributed by atoms with van der Waals surface area (Å²) in [5.74, 6) is -4.29. The standard InChI is InChI=1S/C14H7ClF2O2/c15-8-2-3-9-10-5-7(13(18)19)1-4-11(10)14(16,17)12(9)6-8/h1-6H,(H,18,19). The Hall–Kier alpha value is -1.94. The molecule has 0 amide bonds. The maximum Gasteiger partial charge on any atom is 0.335 e. The van der Waals surface area contributed by atoms with Gasteiger partial charge in [0, 0.05) is 16.1 Å². The van der Waals surface area contributed by atoms with Crippen LogP contribution in [0.25, 0.3) is 11.1 Å². The lowest BCUT2D eigenvalue weighted by atomic mass is 10.0. The molecule has 0 spiro atoms. The van der Waals surface area contributed by atoms with Crippen molar-refractivity contribution in [3.8, 4) is 11.1 Å². The Labute approximate surface area is 112 Å². The summed E-state index contributed by atoms with van der Waals surface area (Å²) in [6.45, 7) is 0. The van der Waals surface area contributed by atoms with Crippen molar-refractivity contribution in [1.82, 2.24) is 0 Å². The Morgan fingerprint density at radius 1 is 1.05 bits per heavy atom. The van der Waals surface area contributed by atoms with Crippen LogP contribution in [-0.2, 0) is 5.92 Å². The number of alkyl halides is 2. The Balaban J connectivity index is 2.32. The number of aromatic carboxylic acids is 1. The number of carboxylic acids is 1. The summed E-state index contributed by atoms with van der Waals surface area (Å²) in [5, 5.41) is 9.16. The average molecular weight is 281 g/mol. The lowest BCUT2D eigenvalue weighted by molar-refractivity contribution is 0.0478. The zero-order chi connectivity index (χ0) is 13.8. The van der Waals surface area contributed by atoms with Crippen molar-refractivity contribution in [2.45, 2.75) is 5.92 Å². The van der Waals surface area contributed by atoms with Gasteiger partial charge in [-0.1, -0.05) is 23.7 Å². The molecule has 2 nitrogen and oxygen atoms in total. The molecule has 2 aromatic carbocycles. The van der Waals surface area contributed by atoms with Crippen molar-refractivity contribution in [3.05, 3.63) is 58.1 Å². The molecule has 3 rings (SSSR count). The van der Waals surface area contributed by atoms with Crippen LogP contribution in [-0.4, -0.2) is 11.1 Å². The summed E-state index contributed by atoms with van der Waals surface area (Å²) in [6, 6.07) is 7.83. The van der Waals surface area contributed by atoms with Crippen molar-refractivity contribution < 1.29 is 18.7 Å². The number of carbonyl (C=O) groups is 1. The first-order valence-electron chi connectivity index (χ1n) is 5.47. The van der Waals surface area contributed by atoms with Gasteiger partial charge in [-0.3, -0.25) is 0 Å². The van der Waals surface area contributed by atoms with E-state index in [9.17, 15) is 13.6 Å². The number of hydrogen-bond donors (Lipinski definition) is 1. The van der Waals surface area contributed by atoms with E-state index in [0.29, 0.717) is 5.56 Å². The topological polar surface area (TPSA) is 37.3 Å². The molecule has 0 heterocycles. The fraction of sp³-hybridized carbons (Fsp3) is 0.0714. The molecule has 2 aromatic rings. The number of hydrogen-bond acceptors (Lipinski definition) is 1. The third kappa shape index (κ3) is 1.64. The van der Waals surface area contributed by atoms with Gasteiger partial charge in [-0.15, -0.1) is 0 Å². The van der Waals surface area contributed by atoms with Crippen LogP contribution in [0.1, 0.15) is 21.5 Å². The second-order valence-electron chi connectivity index (χ2n) is 4.33. The monoisotopic (exact) mass is 280 g/mol. The second-order valence-corrected chi connectivity index (χ2v) is 4.77. The molecule has 0 radical (unpaired) electrons. The first-order valence-corrected chi connectivity index (χ1v) is 5.85. The number of fused-ring (bicyclic) bond motifs is 3. The molecule has 0 aromatic heterocycles. The minimum atomic E-state index is -3.15. The quantitative estimate of drug-likeness (QED) is 0.852. The molecule has 0 fully saturated rings. The highest BCUT2D eigenvalue weighted by Crippen LogP contribution is 2.51. The summed E-state index contributed by atoms with van der Waals surface area (Å²) >= 11 is 5.75. The highest BCUT2D eigenvalue weighted by molar-refractivity contribution is 6.30. The van der Waals surface area contributed by atoms with E-state index in [4.69, 9.17) is 16.7 Å². The van der Waals surface area contributed by atoms with Crippen LogP contribution >= 0.6 is 11.6 Å². The maximum atomic E-state index is 14.2. The van der Waals surface area contributed by atoms with Crippen LogP contribution in [0.15, 0.2) is 36.4 Å². The van der Waals surface area contributed by atoms with Crippen LogP contribution in [0, 0.1) is 0 Å². The molecule has 0 saturated heterocycles. The van der Waals surface area contributed by atoms with Crippen LogP contribution < -0.4 is 0 Å². The summed E-state index contributed by atoms with van der Waals surface area (Å²) in [6.07, 6.45) is 0. The van der Waals surface area contributed by atoms with Gasteiger partial charge in [0.2, 0.25) is 0 Å². The van der Waals surface area contributed by atoms with Crippen LogP contribution in [0.3, 0.4) is 0 Å². The Bertz CT molecular complexity index is 711. The summed E-state index contributed by atoms with van der Waals surface area (Å²) in [5.41, 5.74) is 0.189. The summed E-state index contributed by atoms with van der Waals surface area (Å²) in [7, 11) is 0. The summed E-state index contributed by atoms with van der Waals surface area (Å²) in [4.78, 5) is 10.9. The highest BCUT2D eigenvalue weighted by Gasteiger charge is 2.44.